The Morgan fingerprint density at radius 2 is 2.12 bits per heavy atom. The molecule has 3 heterocycles. The Hall–Kier alpha value is -3.39. The van der Waals surface area contributed by atoms with E-state index in [1.807, 2.05) is 6.07 Å². The molecule has 1 saturated carbocycles. The summed E-state index contributed by atoms with van der Waals surface area (Å²) in [4.78, 5) is 48.8. The quantitative estimate of drug-likeness (QED) is 0.423. The van der Waals surface area contributed by atoms with Gasteiger partial charge in [0.05, 0.1) is 24.9 Å². The summed E-state index contributed by atoms with van der Waals surface area (Å²) in [5.41, 5.74) is 0.782. The molecular weight excluding hydrogens is 450 g/mol. The number of hydrogen-bond acceptors (Lipinski definition) is 7. The van der Waals surface area contributed by atoms with Crippen molar-refractivity contribution in [1.29, 1.82) is 5.26 Å². The molecule has 1 aliphatic carbocycles. The fourth-order valence-electron chi connectivity index (χ4n) is 3.89. The van der Waals surface area contributed by atoms with Crippen molar-refractivity contribution in [3.63, 3.8) is 0 Å². The van der Waals surface area contributed by atoms with Gasteiger partial charge in [-0.3, -0.25) is 14.4 Å². The van der Waals surface area contributed by atoms with E-state index in [1.165, 1.54) is 13.3 Å². The van der Waals surface area contributed by atoms with Gasteiger partial charge in [-0.15, -0.1) is 0 Å². The lowest BCUT2D eigenvalue weighted by atomic mass is 9.98. The minimum Gasteiger partial charge on any atom is -0.480 e. The minimum absolute atomic E-state index is 0.0185. The number of aromatic nitrogens is 3. The Balaban J connectivity index is 1.45. The van der Waals surface area contributed by atoms with Crippen LogP contribution in [0.15, 0.2) is 6.20 Å². The highest BCUT2D eigenvalue weighted by atomic mass is 35.5. The van der Waals surface area contributed by atoms with Gasteiger partial charge in [0.2, 0.25) is 17.7 Å². The normalized spacial score (nSPS) is 19.4. The van der Waals surface area contributed by atoms with Gasteiger partial charge in [0.1, 0.15) is 22.6 Å². The third-order valence-electron chi connectivity index (χ3n) is 5.89. The number of carbonyl (C=O) groups excluding carboxylic acids is 3. The molecule has 0 spiro atoms. The van der Waals surface area contributed by atoms with Gasteiger partial charge in [-0.25, -0.2) is 9.97 Å². The molecule has 3 atom stereocenters. The first kappa shape index (κ1) is 22.8. The maximum Gasteiger partial charge on any atom is 0.287 e. The Morgan fingerprint density at radius 3 is 2.76 bits per heavy atom. The Labute approximate surface area is 194 Å². The van der Waals surface area contributed by atoms with Gasteiger partial charge < -0.3 is 25.7 Å². The predicted molar refractivity (Wildman–Crippen MR) is 117 cm³/mol. The predicted octanol–water partition coefficient (Wildman–Crippen LogP) is 1.05. The second-order valence-corrected chi connectivity index (χ2v) is 8.71. The number of H-pyrrole nitrogens is 1. The van der Waals surface area contributed by atoms with Crippen LogP contribution in [0.5, 0.6) is 5.88 Å². The van der Waals surface area contributed by atoms with Crippen LogP contribution in [0.2, 0.25) is 5.02 Å². The van der Waals surface area contributed by atoms with Crippen molar-refractivity contribution in [2.24, 2.45) is 11.8 Å². The van der Waals surface area contributed by atoms with Gasteiger partial charge in [-0.1, -0.05) is 24.4 Å². The molecule has 2 aromatic heterocycles. The molecule has 0 aromatic carbocycles. The summed E-state index contributed by atoms with van der Waals surface area (Å²) in [5, 5.41) is 17.8. The zero-order chi connectivity index (χ0) is 23.5. The van der Waals surface area contributed by atoms with Crippen LogP contribution in [0.3, 0.4) is 0 Å². The number of rotatable bonds is 9. The number of amides is 3. The Bertz CT molecular complexity index is 1120. The van der Waals surface area contributed by atoms with E-state index >= 15 is 0 Å². The van der Waals surface area contributed by atoms with Crippen molar-refractivity contribution in [1.82, 2.24) is 30.9 Å². The van der Waals surface area contributed by atoms with Gasteiger partial charge in [0, 0.05) is 12.5 Å². The van der Waals surface area contributed by atoms with Gasteiger partial charge in [0.25, 0.3) is 5.91 Å². The number of fused-ring (bicyclic) bond motifs is 1. The van der Waals surface area contributed by atoms with E-state index in [0.29, 0.717) is 36.3 Å². The maximum atomic E-state index is 13.0. The van der Waals surface area contributed by atoms with E-state index in [2.05, 4.69) is 30.9 Å². The molecule has 2 aromatic rings. The lowest BCUT2D eigenvalue weighted by Gasteiger charge is -2.21. The molecule has 1 saturated heterocycles. The van der Waals surface area contributed by atoms with E-state index in [1.54, 1.807) is 0 Å². The third kappa shape index (κ3) is 5.17. The number of aromatic amines is 1. The number of halogens is 1. The van der Waals surface area contributed by atoms with Crippen molar-refractivity contribution in [3.8, 4) is 11.9 Å². The summed E-state index contributed by atoms with van der Waals surface area (Å²) in [6.07, 6.45) is 4.73. The number of pyridine rings is 1. The summed E-state index contributed by atoms with van der Waals surface area (Å²) in [5.74, 6) is -0.953. The highest BCUT2D eigenvalue weighted by Gasteiger charge is 2.33. The van der Waals surface area contributed by atoms with Crippen LogP contribution in [0.1, 0.15) is 42.7 Å². The lowest BCUT2D eigenvalue weighted by Crippen LogP contribution is -2.50. The SMILES string of the molecule is COc1ncc2[nH]c(C(=O)NC(CC3CC3)C(=O)NC(C#N)CC3CCNC3=O)nc2c1Cl. The molecule has 0 radical (unpaired) electrons. The summed E-state index contributed by atoms with van der Waals surface area (Å²) in [6.45, 7) is 0.568. The van der Waals surface area contributed by atoms with Gasteiger partial charge in [-0.2, -0.15) is 5.26 Å². The van der Waals surface area contributed by atoms with Crippen molar-refractivity contribution in [3.05, 3.63) is 17.0 Å². The topological polar surface area (TPSA) is 162 Å². The molecule has 2 fully saturated rings. The molecule has 2 aliphatic rings. The number of hydrogen-bond donors (Lipinski definition) is 4. The van der Waals surface area contributed by atoms with Crippen LogP contribution in [-0.2, 0) is 9.59 Å². The second-order valence-electron chi connectivity index (χ2n) is 8.34. The fraction of sp³-hybridized carbons (Fsp3) is 0.524. The second kappa shape index (κ2) is 9.62. The van der Waals surface area contributed by atoms with Gasteiger partial charge >= 0.3 is 0 Å². The van der Waals surface area contributed by atoms with Crippen molar-refractivity contribution < 1.29 is 19.1 Å². The van der Waals surface area contributed by atoms with Crippen LogP contribution in [0, 0.1) is 23.2 Å². The Morgan fingerprint density at radius 1 is 1.33 bits per heavy atom. The van der Waals surface area contributed by atoms with Crippen molar-refractivity contribution in [2.75, 3.05) is 13.7 Å². The van der Waals surface area contributed by atoms with E-state index in [4.69, 9.17) is 16.3 Å². The molecule has 3 amide bonds. The number of ether oxygens (including phenoxy) is 1. The zero-order valence-corrected chi connectivity index (χ0v) is 18.7. The van der Waals surface area contributed by atoms with Gasteiger partial charge in [0.15, 0.2) is 5.82 Å². The average molecular weight is 474 g/mol. The van der Waals surface area contributed by atoms with Crippen LogP contribution in [0.4, 0.5) is 0 Å². The lowest BCUT2D eigenvalue weighted by molar-refractivity contribution is -0.125. The third-order valence-corrected chi connectivity index (χ3v) is 6.23. The Kier molecular flexibility index (Phi) is 6.65. The largest absolute Gasteiger partial charge is 0.480 e. The smallest absolute Gasteiger partial charge is 0.287 e. The number of carbonyl (C=O) groups is 3. The first-order chi connectivity index (χ1) is 15.9. The monoisotopic (exact) mass is 473 g/mol. The standard InChI is InChI=1S/C21H24ClN7O4/c1-33-21-15(22)16-14(9-25-21)27-17(29-16)20(32)28-13(6-10-2-3-10)19(31)26-12(8-23)7-11-4-5-24-18(11)30/h9-13H,2-7H2,1H3,(H,24,30)(H,26,31)(H,27,29)(H,28,32). The molecular formula is C21H24ClN7O4. The van der Waals surface area contributed by atoms with E-state index in [9.17, 15) is 19.6 Å². The number of nitriles is 1. The fourth-order valence-corrected chi connectivity index (χ4v) is 4.16. The van der Waals surface area contributed by atoms with Crippen LogP contribution < -0.4 is 20.7 Å². The first-order valence-corrected chi connectivity index (χ1v) is 11.1. The summed E-state index contributed by atoms with van der Waals surface area (Å²) >= 11 is 6.22. The number of nitrogens with one attached hydrogen (secondary N) is 4. The number of nitrogens with zero attached hydrogens (tertiary/aromatic N) is 3. The van der Waals surface area contributed by atoms with E-state index in [0.717, 1.165) is 12.8 Å². The summed E-state index contributed by atoms with van der Waals surface area (Å²) in [6, 6.07) is 0.384. The van der Waals surface area contributed by atoms with Gasteiger partial charge in [-0.05, 0) is 25.2 Å². The molecule has 4 rings (SSSR count). The molecule has 3 unspecified atom stereocenters. The number of methoxy groups -OCH3 is 1. The van der Waals surface area contributed by atoms with Crippen molar-refractivity contribution >= 4 is 40.4 Å². The maximum absolute atomic E-state index is 13.0. The highest BCUT2D eigenvalue weighted by Crippen LogP contribution is 2.34. The first-order valence-electron chi connectivity index (χ1n) is 10.8. The molecule has 4 N–H and O–H groups in total. The minimum atomic E-state index is -0.838. The highest BCUT2D eigenvalue weighted by molar-refractivity contribution is 6.36. The van der Waals surface area contributed by atoms with Crippen LogP contribution >= 0.6 is 11.6 Å². The molecule has 174 valence electrons. The number of imidazole rings is 1. The van der Waals surface area contributed by atoms with E-state index in [-0.39, 0.29) is 35.0 Å². The molecule has 11 nitrogen and oxygen atoms in total. The van der Waals surface area contributed by atoms with Crippen LogP contribution in [-0.4, -0.2) is 58.4 Å². The molecule has 33 heavy (non-hydrogen) atoms. The van der Waals surface area contributed by atoms with Crippen LogP contribution in [0.25, 0.3) is 11.0 Å². The van der Waals surface area contributed by atoms with E-state index < -0.39 is 23.9 Å². The molecule has 1 aliphatic heterocycles. The molecule has 0 bridgehead atoms. The average Bonchev–Trinajstić information content (AvgIpc) is 3.36. The summed E-state index contributed by atoms with van der Waals surface area (Å²) < 4.78 is 5.07. The summed E-state index contributed by atoms with van der Waals surface area (Å²) in [7, 11) is 1.43. The van der Waals surface area contributed by atoms with Crippen molar-refractivity contribution in [2.45, 2.75) is 44.2 Å². The zero-order valence-electron chi connectivity index (χ0n) is 18.0. The molecule has 12 heteroatoms.